The van der Waals surface area contributed by atoms with Gasteiger partial charge in [0.15, 0.2) is 0 Å². The van der Waals surface area contributed by atoms with E-state index >= 15 is 0 Å². The molecule has 1 heterocycles. The monoisotopic (exact) mass is 318 g/mol. The molecular formula is C16H18N2O3S. The summed E-state index contributed by atoms with van der Waals surface area (Å²) in [6, 6.07) is 8.72. The average Bonchev–Trinajstić information content (AvgIpc) is 3.03. The molecule has 0 saturated carbocycles. The van der Waals surface area contributed by atoms with Gasteiger partial charge in [-0.15, -0.1) is 11.3 Å². The Morgan fingerprint density at radius 1 is 1.23 bits per heavy atom. The number of methoxy groups -OCH3 is 1. The van der Waals surface area contributed by atoms with E-state index in [9.17, 15) is 9.59 Å². The van der Waals surface area contributed by atoms with Crippen molar-refractivity contribution in [1.29, 1.82) is 0 Å². The Balaban J connectivity index is 2.12. The predicted octanol–water partition coefficient (Wildman–Crippen LogP) is 3.75. The van der Waals surface area contributed by atoms with E-state index in [-0.39, 0.29) is 11.8 Å². The number of ether oxygens (including phenoxy) is 1. The number of thiophene rings is 1. The Labute approximate surface area is 133 Å². The van der Waals surface area contributed by atoms with Gasteiger partial charge >= 0.3 is 0 Å². The van der Waals surface area contributed by atoms with Gasteiger partial charge in [-0.05, 0) is 30.0 Å². The quantitative estimate of drug-likeness (QED) is 0.852. The van der Waals surface area contributed by atoms with Crippen LogP contribution in [-0.4, -0.2) is 18.9 Å². The normalized spacial score (nSPS) is 10.1. The first-order valence-electron chi connectivity index (χ1n) is 6.96. The molecular weight excluding hydrogens is 300 g/mol. The van der Waals surface area contributed by atoms with Crippen molar-refractivity contribution in [2.45, 2.75) is 19.8 Å². The molecule has 0 aliphatic heterocycles. The van der Waals surface area contributed by atoms with E-state index in [4.69, 9.17) is 4.74 Å². The van der Waals surface area contributed by atoms with Gasteiger partial charge in [-0.3, -0.25) is 9.59 Å². The van der Waals surface area contributed by atoms with Crippen molar-refractivity contribution in [1.82, 2.24) is 0 Å². The van der Waals surface area contributed by atoms with Gasteiger partial charge in [-0.25, -0.2) is 0 Å². The Bertz CT molecular complexity index is 653. The molecule has 0 bridgehead atoms. The van der Waals surface area contributed by atoms with Crippen LogP contribution in [0.4, 0.5) is 11.4 Å². The molecule has 0 spiro atoms. The molecule has 5 nitrogen and oxygen atoms in total. The summed E-state index contributed by atoms with van der Waals surface area (Å²) < 4.78 is 5.28. The molecule has 0 atom stereocenters. The van der Waals surface area contributed by atoms with Crippen LogP contribution in [-0.2, 0) is 4.79 Å². The van der Waals surface area contributed by atoms with Crippen LogP contribution in [0.25, 0.3) is 0 Å². The van der Waals surface area contributed by atoms with Gasteiger partial charge in [0.05, 0.1) is 17.7 Å². The third-order valence-corrected chi connectivity index (χ3v) is 3.82. The van der Waals surface area contributed by atoms with Crippen LogP contribution in [0.5, 0.6) is 5.75 Å². The Morgan fingerprint density at radius 3 is 2.68 bits per heavy atom. The largest absolute Gasteiger partial charge is 0.494 e. The highest BCUT2D eigenvalue weighted by atomic mass is 32.1. The molecule has 1 aromatic heterocycles. The summed E-state index contributed by atoms with van der Waals surface area (Å²) in [6.07, 6.45) is 1.26. The number of anilines is 2. The maximum atomic E-state index is 12.1. The number of amides is 2. The van der Waals surface area contributed by atoms with Gasteiger partial charge in [-0.2, -0.15) is 0 Å². The zero-order valence-electron chi connectivity index (χ0n) is 12.5. The molecule has 2 aromatic rings. The zero-order valence-corrected chi connectivity index (χ0v) is 13.3. The molecule has 0 unspecified atom stereocenters. The van der Waals surface area contributed by atoms with E-state index in [2.05, 4.69) is 10.6 Å². The number of rotatable bonds is 6. The molecule has 0 aliphatic rings. The van der Waals surface area contributed by atoms with Gasteiger partial charge in [0.25, 0.3) is 5.91 Å². The summed E-state index contributed by atoms with van der Waals surface area (Å²) in [5.41, 5.74) is 1.21. The maximum absolute atomic E-state index is 12.1. The fraction of sp³-hybridized carbons (Fsp3) is 0.250. The lowest BCUT2D eigenvalue weighted by Crippen LogP contribution is -2.13. The molecule has 2 N–H and O–H groups in total. The van der Waals surface area contributed by atoms with E-state index in [0.29, 0.717) is 28.4 Å². The minimum atomic E-state index is -0.184. The molecule has 0 aliphatic carbocycles. The SMILES string of the molecule is CCCC(=O)Nc1ccc(NC(=O)c2cccs2)c(OC)c1. The first-order valence-corrected chi connectivity index (χ1v) is 7.84. The maximum Gasteiger partial charge on any atom is 0.265 e. The fourth-order valence-corrected chi connectivity index (χ4v) is 2.53. The van der Waals surface area contributed by atoms with Crippen molar-refractivity contribution < 1.29 is 14.3 Å². The van der Waals surface area contributed by atoms with Crippen molar-refractivity contribution in [3.05, 3.63) is 40.6 Å². The first kappa shape index (κ1) is 16.0. The number of carbonyl (C=O) groups is 2. The van der Waals surface area contributed by atoms with E-state index in [1.807, 2.05) is 18.4 Å². The average molecular weight is 318 g/mol. The molecule has 2 amide bonds. The molecule has 6 heteroatoms. The van der Waals surface area contributed by atoms with Crippen molar-refractivity contribution in [2.24, 2.45) is 0 Å². The molecule has 0 radical (unpaired) electrons. The molecule has 22 heavy (non-hydrogen) atoms. The zero-order chi connectivity index (χ0) is 15.9. The number of nitrogens with one attached hydrogen (secondary N) is 2. The lowest BCUT2D eigenvalue weighted by Gasteiger charge is -2.12. The summed E-state index contributed by atoms with van der Waals surface area (Å²) in [5, 5.41) is 7.45. The standard InChI is InChI=1S/C16H18N2O3S/c1-3-5-15(19)17-11-7-8-12(13(10-11)21-2)18-16(20)14-6-4-9-22-14/h4,6-10H,3,5H2,1-2H3,(H,17,19)(H,18,20). The highest BCUT2D eigenvalue weighted by Crippen LogP contribution is 2.28. The summed E-state index contributed by atoms with van der Waals surface area (Å²) in [4.78, 5) is 24.3. The van der Waals surface area contributed by atoms with Gasteiger partial charge in [0.2, 0.25) is 5.91 Å². The minimum Gasteiger partial charge on any atom is -0.494 e. The minimum absolute atomic E-state index is 0.0417. The molecule has 2 rings (SSSR count). The lowest BCUT2D eigenvalue weighted by molar-refractivity contribution is -0.116. The van der Waals surface area contributed by atoms with Crippen LogP contribution in [0, 0.1) is 0 Å². The second kappa shape index (κ2) is 7.61. The molecule has 0 saturated heterocycles. The van der Waals surface area contributed by atoms with Crippen molar-refractivity contribution in [3.8, 4) is 5.75 Å². The van der Waals surface area contributed by atoms with Gasteiger partial charge in [0.1, 0.15) is 5.75 Å². The van der Waals surface area contributed by atoms with E-state index < -0.39 is 0 Å². The fourth-order valence-electron chi connectivity index (χ4n) is 1.91. The van der Waals surface area contributed by atoms with E-state index in [1.54, 1.807) is 24.3 Å². The van der Waals surface area contributed by atoms with Gasteiger partial charge in [0, 0.05) is 18.2 Å². The molecule has 116 valence electrons. The second-order valence-corrected chi connectivity index (χ2v) is 5.59. The highest BCUT2D eigenvalue weighted by molar-refractivity contribution is 7.12. The van der Waals surface area contributed by atoms with Crippen LogP contribution in [0.1, 0.15) is 29.4 Å². The summed E-state index contributed by atoms with van der Waals surface area (Å²) in [5.74, 6) is 0.273. The lowest BCUT2D eigenvalue weighted by atomic mass is 10.2. The number of hydrogen-bond donors (Lipinski definition) is 2. The molecule has 0 fully saturated rings. The summed E-state index contributed by atoms with van der Waals surface area (Å²) in [6.45, 7) is 1.95. The molecule has 1 aromatic carbocycles. The Morgan fingerprint density at radius 2 is 2.05 bits per heavy atom. The number of hydrogen-bond acceptors (Lipinski definition) is 4. The van der Waals surface area contributed by atoms with Gasteiger partial charge in [-0.1, -0.05) is 13.0 Å². The number of carbonyl (C=O) groups excluding carboxylic acids is 2. The van der Waals surface area contributed by atoms with Crippen LogP contribution in [0.15, 0.2) is 35.7 Å². The van der Waals surface area contributed by atoms with Crippen LogP contribution in [0.3, 0.4) is 0 Å². The van der Waals surface area contributed by atoms with Crippen molar-refractivity contribution >= 4 is 34.5 Å². The van der Waals surface area contributed by atoms with Crippen LogP contribution in [0.2, 0.25) is 0 Å². The van der Waals surface area contributed by atoms with Crippen LogP contribution < -0.4 is 15.4 Å². The second-order valence-electron chi connectivity index (χ2n) is 4.64. The van der Waals surface area contributed by atoms with Crippen LogP contribution >= 0.6 is 11.3 Å². The third kappa shape index (κ3) is 4.08. The Kier molecular flexibility index (Phi) is 5.55. The Hall–Kier alpha value is -2.34. The summed E-state index contributed by atoms with van der Waals surface area (Å²) >= 11 is 1.37. The first-order chi connectivity index (χ1) is 10.6. The summed E-state index contributed by atoms with van der Waals surface area (Å²) in [7, 11) is 1.52. The van der Waals surface area contributed by atoms with Gasteiger partial charge < -0.3 is 15.4 Å². The predicted molar refractivity (Wildman–Crippen MR) is 88.8 cm³/mol. The third-order valence-electron chi connectivity index (χ3n) is 2.96. The highest BCUT2D eigenvalue weighted by Gasteiger charge is 2.11. The van der Waals surface area contributed by atoms with Crippen molar-refractivity contribution in [2.75, 3.05) is 17.7 Å². The number of benzene rings is 1. The van der Waals surface area contributed by atoms with E-state index in [0.717, 1.165) is 6.42 Å². The van der Waals surface area contributed by atoms with E-state index in [1.165, 1.54) is 18.4 Å². The topological polar surface area (TPSA) is 67.4 Å². The smallest absolute Gasteiger partial charge is 0.265 e. The van der Waals surface area contributed by atoms with Crippen molar-refractivity contribution in [3.63, 3.8) is 0 Å².